The van der Waals surface area contributed by atoms with Gasteiger partial charge in [0.2, 0.25) is 11.8 Å². The molecule has 5 aromatic rings. The number of pyridine rings is 1. The maximum Gasteiger partial charge on any atom is 0.264 e. The highest BCUT2D eigenvalue weighted by molar-refractivity contribution is 5.97. The van der Waals surface area contributed by atoms with E-state index in [4.69, 9.17) is 9.84 Å². The number of rotatable bonds is 16. The van der Waals surface area contributed by atoms with E-state index < -0.39 is 12.5 Å². The molecule has 74 heavy (non-hydrogen) atoms. The largest absolute Gasteiger partial charge is 0.381 e. The molecule has 10 rings (SSSR count). The number of nitrogens with zero attached hydrogens (tertiary/aromatic N) is 9. The third-order valence-electron chi connectivity index (χ3n) is 16.8. The van der Waals surface area contributed by atoms with Crippen LogP contribution in [0.4, 0.5) is 26.0 Å². The average molecular weight is 1010 g/mol. The summed E-state index contributed by atoms with van der Waals surface area (Å²) in [4.78, 5) is 53.0. The van der Waals surface area contributed by atoms with Gasteiger partial charge in [-0.1, -0.05) is 25.3 Å². The Bertz CT molecular complexity index is 2890. The number of aldehydes is 1. The Morgan fingerprint density at radius 2 is 1.74 bits per heavy atom. The van der Waals surface area contributed by atoms with Crippen LogP contribution in [0.2, 0.25) is 0 Å². The van der Waals surface area contributed by atoms with Gasteiger partial charge in [-0.25, -0.2) is 8.78 Å². The Morgan fingerprint density at radius 1 is 0.959 bits per heavy atom. The van der Waals surface area contributed by atoms with E-state index in [1.807, 2.05) is 47.3 Å². The van der Waals surface area contributed by atoms with Crippen molar-refractivity contribution in [1.29, 1.82) is 0 Å². The summed E-state index contributed by atoms with van der Waals surface area (Å²) < 4.78 is 41.3. The Kier molecular flexibility index (Phi) is 15.3. The Morgan fingerprint density at radius 3 is 2.47 bits per heavy atom. The second kappa shape index (κ2) is 22.2. The zero-order valence-electron chi connectivity index (χ0n) is 43.4. The van der Waals surface area contributed by atoms with Gasteiger partial charge in [0.15, 0.2) is 5.82 Å². The van der Waals surface area contributed by atoms with Gasteiger partial charge in [-0.2, -0.15) is 5.10 Å². The van der Waals surface area contributed by atoms with E-state index in [9.17, 15) is 14.4 Å². The summed E-state index contributed by atoms with van der Waals surface area (Å²) >= 11 is 0. The topological polar surface area (TPSA) is 124 Å². The van der Waals surface area contributed by atoms with Crippen LogP contribution < -0.4 is 15.1 Å². The standard InChI is InChI=1S/C58H72F2N10O4/c1-6-40-32-44(11-12-45(40)38(2)65(5)53(10-8-28-71)58(73)61-3)66-24-14-39(15-25-66)31-55(72)67-26-16-42(17-27-67)69-37-49(48-35-62-21-13-51(48)69)46-33-41-9-7-22-68(54(41)34-47(46)56(59)60)57-50-36-64(4)23-18-52(50)70(63-57)43-19-29-74-30-20-43/h6,11-13,21,28,32-35,37,39,42-43,53,56H,1-2,7-10,14-20,22-27,29-31,36H2,3-5H3,(H,61,73). The number of anilines is 3. The average Bonchev–Trinajstić information content (AvgIpc) is 4.01. The summed E-state index contributed by atoms with van der Waals surface area (Å²) in [7, 11) is 5.56. The van der Waals surface area contributed by atoms with Crippen LogP contribution in [0, 0.1) is 5.92 Å². The first-order chi connectivity index (χ1) is 36.0. The summed E-state index contributed by atoms with van der Waals surface area (Å²) in [5.41, 5.74) is 10.2. The maximum absolute atomic E-state index is 15.5. The molecule has 2 amide bonds. The lowest BCUT2D eigenvalue weighted by molar-refractivity contribution is -0.133. The number of aryl methyl sites for hydroxylation is 1. The molecule has 2 aromatic carbocycles. The number of aromatic nitrogens is 4. The highest BCUT2D eigenvalue weighted by Gasteiger charge is 2.35. The number of amides is 2. The number of carbonyl (C=O) groups excluding carboxylic acids is 3. The fourth-order valence-electron chi connectivity index (χ4n) is 12.5. The number of benzene rings is 2. The van der Waals surface area contributed by atoms with Crippen LogP contribution in [-0.4, -0.2) is 132 Å². The number of piperidine rings is 2. The zero-order valence-corrected chi connectivity index (χ0v) is 43.4. The first kappa shape index (κ1) is 51.1. The van der Waals surface area contributed by atoms with E-state index in [1.54, 1.807) is 19.3 Å². The highest BCUT2D eigenvalue weighted by atomic mass is 19.3. The molecule has 0 spiro atoms. The van der Waals surface area contributed by atoms with E-state index in [0.717, 1.165) is 160 Å². The van der Waals surface area contributed by atoms with Crippen molar-refractivity contribution in [2.24, 2.45) is 5.92 Å². The molecule has 0 radical (unpaired) electrons. The van der Waals surface area contributed by atoms with Gasteiger partial charge in [0.1, 0.15) is 12.3 Å². The predicted molar refractivity (Wildman–Crippen MR) is 288 cm³/mol. The summed E-state index contributed by atoms with van der Waals surface area (Å²) in [5.74, 6) is 1.22. The van der Waals surface area contributed by atoms with Crippen molar-refractivity contribution in [3.63, 3.8) is 0 Å². The molecule has 5 aliphatic rings. The van der Waals surface area contributed by atoms with Gasteiger partial charge in [0.05, 0.1) is 11.6 Å². The van der Waals surface area contributed by atoms with E-state index in [2.05, 4.69) is 72.8 Å². The van der Waals surface area contributed by atoms with Crippen LogP contribution in [0.3, 0.4) is 0 Å². The maximum atomic E-state index is 15.5. The smallest absolute Gasteiger partial charge is 0.264 e. The zero-order chi connectivity index (χ0) is 51.6. The molecule has 3 fully saturated rings. The second-order valence-electron chi connectivity index (χ2n) is 21.1. The summed E-state index contributed by atoms with van der Waals surface area (Å²) in [6.07, 6.45) is 14.6. The fourth-order valence-corrected chi connectivity index (χ4v) is 12.5. The number of nitrogens with one attached hydrogen (secondary N) is 1. The second-order valence-corrected chi connectivity index (χ2v) is 21.1. The molecule has 0 saturated carbocycles. The molecule has 3 saturated heterocycles. The van der Waals surface area contributed by atoms with Crippen molar-refractivity contribution >= 4 is 58.0 Å². The third-order valence-corrected chi connectivity index (χ3v) is 16.8. The molecule has 1 atom stereocenters. The molecular formula is C58H72F2N10O4. The van der Waals surface area contributed by atoms with Crippen LogP contribution in [-0.2, 0) is 38.5 Å². The monoisotopic (exact) mass is 1010 g/mol. The summed E-state index contributed by atoms with van der Waals surface area (Å²) in [5, 5.41) is 8.89. The van der Waals surface area contributed by atoms with Crippen LogP contribution in [0.1, 0.15) is 116 Å². The van der Waals surface area contributed by atoms with Crippen LogP contribution in [0.15, 0.2) is 68.1 Å². The minimum absolute atomic E-state index is 0.0197. The van der Waals surface area contributed by atoms with Crippen LogP contribution in [0.5, 0.6) is 0 Å². The number of hydrogen-bond donors (Lipinski definition) is 1. The van der Waals surface area contributed by atoms with Gasteiger partial charge in [0, 0.05) is 167 Å². The van der Waals surface area contributed by atoms with Gasteiger partial charge < -0.3 is 43.9 Å². The number of likely N-dealkylation sites (tertiary alicyclic amines) is 1. The number of likely N-dealkylation sites (N-methyl/N-ethyl adjacent to an activating group) is 3. The molecule has 3 aromatic heterocycles. The molecule has 5 aliphatic heterocycles. The Hall–Kier alpha value is -6.39. The summed E-state index contributed by atoms with van der Waals surface area (Å²) in [6, 6.07) is 11.8. The molecule has 16 heteroatoms. The fraction of sp³-hybridized carbons (Fsp3) is 0.500. The SMILES string of the molecule is C=Cc1cc(N2CCC(CC(=O)N3CCC(n4cc(-c5cc6c(cc5C(F)F)N(c5nn(C7CCOCC7)c7c5CN(C)CC7)CCC6)c5cnccc54)CC3)CC2)ccc1C(=C)N(C)C(CCC=O)C(=O)NC. The number of alkyl halides is 2. The Labute approximate surface area is 434 Å². The van der Waals surface area contributed by atoms with E-state index in [0.29, 0.717) is 37.2 Å². The quantitative estimate of drug-likeness (QED) is 0.0957. The van der Waals surface area contributed by atoms with E-state index >= 15 is 8.78 Å². The number of ether oxygens (including phenoxy) is 1. The lowest BCUT2D eigenvalue weighted by Gasteiger charge is -2.36. The van der Waals surface area contributed by atoms with Crippen LogP contribution >= 0.6 is 0 Å². The minimum Gasteiger partial charge on any atom is -0.381 e. The molecular weight excluding hydrogens is 939 g/mol. The molecule has 1 N–H and O–H groups in total. The van der Waals surface area contributed by atoms with Gasteiger partial charge in [-0.15, -0.1) is 0 Å². The highest BCUT2D eigenvalue weighted by Crippen LogP contribution is 2.46. The van der Waals surface area contributed by atoms with Gasteiger partial charge in [-0.3, -0.25) is 19.3 Å². The van der Waals surface area contributed by atoms with Crippen molar-refractivity contribution in [1.82, 2.24) is 39.3 Å². The lowest BCUT2D eigenvalue weighted by Crippen LogP contribution is -2.43. The predicted octanol–water partition coefficient (Wildman–Crippen LogP) is 9.37. The van der Waals surface area contributed by atoms with Gasteiger partial charge in [0.25, 0.3) is 6.43 Å². The third kappa shape index (κ3) is 10.1. The van der Waals surface area contributed by atoms with Crippen molar-refractivity contribution in [3.05, 3.63) is 102 Å². The number of carbonyl (C=O) groups is 3. The molecule has 0 bridgehead atoms. The molecule has 1 unspecified atom stereocenters. The van der Waals surface area contributed by atoms with Crippen LogP contribution in [0.25, 0.3) is 33.8 Å². The normalized spacial score (nSPS) is 18.6. The van der Waals surface area contributed by atoms with E-state index in [-0.39, 0.29) is 41.8 Å². The number of fused-ring (bicyclic) bond motifs is 3. The molecule has 0 aliphatic carbocycles. The Balaban J connectivity index is 0.801. The number of halogens is 2. The molecule has 392 valence electrons. The van der Waals surface area contributed by atoms with Crippen molar-refractivity contribution in [2.75, 3.05) is 83.4 Å². The van der Waals surface area contributed by atoms with Gasteiger partial charge in [-0.05, 0) is 118 Å². The molecule has 8 heterocycles. The minimum atomic E-state index is -2.69. The number of hydrogen-bond acceptors (Lipinski definition) is 10. The first-order valence-corrected chi connectivity index (χ1v) is 26.9. The lowest BCUT2D eigenvalue weighted by atomic mass is 9.91. The summed E-state index contributed by atoms with van der Waals surface area (Å²) in [6.45, 7) is 15.2. The first-order valence-electron chi connectivity index (χ1n) is 26.9. The van der Waals surface area contributed by atoms with Crippen molar-refractivity contribution in [3.8, 4) is 11.1 Å². The van der Waals surface area contributed by atoms with Crippen molar-refractivity contribution in [2.45, 2.75) is 108 Å². The van der Waals surface area contributed by atoms with E-state index in [1.165, 1.54) is 11.3 Å². The van der Waals surface area contributed by atoms with Crippen molar-refractivity contribution < 1.29 is 27.9 Å². The molecule has 14 nitrogen and oxygen atoms in total. The van der Waals surface area contributed by atoms with Gasteiger partial charge >= 0.3 is 0 Å².